The highest BCUT2D eigenvalue weighted by Gasteiger charge is 2.13. The Hall–Kier alpha value is -0.860. The number of nitrogens with zero attached hydrogens (tertiary/aromatic N) is 1. The third-order valence-corrected chi connectivity index (χ3v) is 4.32. The van der Waals surface area contributed by atoms with Gasteiger partial charge in [-0.1, -0.05) is 56.5 Å². The van der Waals surface area contributed by atoms with E-state index in [-0.39, 0.29) is 0 Å². The summed E-state index contributed by atoms with van der Waals surface area (Å²) in [5.74, 6) is 0. The summed E-state index contributed by atoms with van der Waals surface area (Å²) >= 11 is 0. The zero-order valence-electron chi connectivity index (χ0n) is 13.0. The summed E-state index contributed by atoms with van der Waals surface area (Å²) in [5, 5.41) is 3.78. The summed E-state index contributed by atoms with van der Waals surface area (Å²) < 4.78 is 0. The van der Waals surface area contributed by atoms with Gasteiger partial charge in [-0.3, -0.25) is 0 Å². The predicted molar refractivity (Wildman–Crippen MR) is 87.0 cm³/mol. The fraction of sp³-hybridized carbons (Fsp3) is 0.667. The minimum atomic E-state index is 0.533. The van der Waals surface area contributed by atoms with Gasteiger partial charge in [-0.2, -0.15) is 0 Å². The molecule has 1 aromatic rings. The number of hydrogen-bond donors (Lipinski definition) is 1. The number of rotatable bonds is 9. The standard InChI is InChI=1S/C18H30N2/c1-2-3-5-12-18(17-10-6-4-7-11-17)19-13-16-20-14-8-9-15-20/h4,6-7,10-11,18-19H,2-3,5,8-9,12-16H2,1H3. The highest BCUT2D eigenvalue weighted by molar-refractivity contribution is 5.18. The summed E-state index contributed by atoms with van der Waals surface area (Å²) in [6.45, 7) is 7.20. The fourth-order valence-electron chi connectivity index (χ4n) is 3.07. The molecule has 2 heteroatoms. The van der Waals surface area contributed by atoms with E-state index in [0.717, 1.165) is 6.54 Å². The Morgan fingerprint density at radius 3 is 2.55 bits per heavy atom. The molecule has 1 heterocycles. The normalized spacial score (nSPS) is 17.4. The van der Waals surface area contributed by atoms with Crippen LogP contribution < -0.4 is 5.32 Å². The molecule has 1 atom stereocenters. The molecule has 1 unspecified atom stereocenters. The van der Waals surface area contributed by atoms with Crippen molar-refractivity contribution >= 4 is 0 Å². The molecule has 0 amide bonds. The molecule has 0 saturated carbocycles. The van der Waals surface area contributed by atoms with Crippen LogP contribution in [0, 0.1) is 0 Å². The van der Waals surface area contributed by atoms with E-state index in [0.29, 0.717) is 6.04 Å². The van der Waals surface area contributed by atoms with E-state index in [2.05, 4.69) is 47.5 Å². The summed E-state index contributed by atoms with van der Waals surface area (Å²) in [6.07, 6.45) is 8.01. The van der Waals surface area contributed by atoms with Crippen molar-refractivity contribution in [2.24, 2.45) is 0 Å². The molecule has 112 valence electrons. The molecule has 1 aliphatic heterocycles. The Balaban J connectivity index is 1.78. The quantitative estimate of drug-likeness (QED) is 0.685. The Bertz CT molecular complexity index is 344. The van der Waals surface area contributed by atoms with E-state index in [9.17, 15) is 0 Å². The molecule has 0 bridgehead atoms. The van der Waals surface area contributed by atoms with Crippen LogP contribution in [0.2, 0.25) is 0 Å². The Kier molecular flexibility index (Phi) is 7.10. The van der Waals surface area contributed by atoms with Crippen LogP contribution in [0.1, 0.15) is 57.1 Å². The lowest BCUT2D eigenvalue weighted by molar-refractivity contribution is 0.324. The van der Waals surface area contributed by atoms with Crippen molar-refractivity contribution in [3.8, 4) is 0 Å². The maximum atomic E-state index is 3.78. The highest BCUT2D eigenvalue weighted by Crippen LogP contribution is 2.19. The van der Waals surface area contributed by atoms with Crippen LogP contribution in [0.25, 0.3) is 0 Å². The molecule has 2 rings (SSSR count). The zero-order valence-corrected chi connectivity index (χ0v) is 13.0. The van der Waals surface area contributed by atoms with Crippen LogP contribution in [-0.2, 0) is 0 Å². The molecule has 1 fully saturated rings. The van der Waals surface area contributed by atoms with Gasteiger partial charge in [0.25, 0.3) is 0 Å². The first-order valence-electron chi connectivity index (χ1n) is 8.41. The van der Waals surface area contributed by atoms with E-state index in [4.69, 9.17) is 0 Å². The van der Waals surface area contributed by atoms with Crippen molar-refractivity contribution in [1.29, 1.82) is 0 Å². The molecule has 20 heavy (non-hydrogen) atoms. The van der Waals surface area contributed by atoms with Crippen molar-refractivity contribution in [1.82, 2.24) is 10.2 Å². The molecule has 1 N–H and O–H groups in total. The lowest BCUT2D eigenvalue weighted by Crippen LogP contribution is -2.32. The number of hydrogen-bond acceptors (Lipinski definition) is 2. The number of benzene rings is 1. The molecule has 1 aromatic carbocycles. The van der Waals surface area contributed by atoms with Gasteiger partial charge in [0, 0.05) is 19.1 Å². The van der Waals surface area contributed by atoms with E-state index < -0.39 is 0 Å². The molecule has 0 radical (unpaired) electrons. The SMILES string of the molecule is CCCCCC(NCCN1CCCC1)c1ccccc1. The molecular weight excluding hydrogens is 244 g/mol. The summed E-state index contributed by atoms with van der Waals surface area (Å²) in [4.78, 5) is 2.58. The van der Waals surface area contributed by atoms with E-state index in [1.807, 2.05) is 0 Å². The Morgan fingerprint density at radius 2 is 1.85 bits per heavy atom. The second kappa shape index (κ2) is 9.15. The van der Waals surface area contributed by atoms with Crippen LogP contribution in [-0.4, -0.2) is 31.1 Å². The predicted octanol–water partition coefficient (Wildman–Crippen LogP) is 3.99. The number of likely N-dealkylation sites (tertiary alicyclic amines) is 1. The zero-order chi connectivity index (χ0) is 14.0. The monoisotopic (exact) mass is 274 g/mol. The van der Waals surface area contributed by atoms with Gasteiger partial charge in [-0.05, 0) is 37.9 Å². The van der Waals surface area contributed by atoms with Crippen LogP contribution in [0.3, 0.4) is 0 Å². The van der Waals surface area contributed by atoms with Crippen LogP contribution in [0.4, 0.5) is 0 Å². The van der Waals surface area contributed by atoms with Crippen molar-refractivity contribution in [2.75, 3.05) is 26.2 Å². The lowest BCUT2D eigenvalue weighted by Gasteiger charge is -2.21. The smallest absolute Gasteiger partial charge is 0.0320 e. The van der Waals surface area contributed by atoms with Gasteiger partial charge in [-0.15, -0.1) is 0 Å². The van der Waals surface area contributed by atoms with Gasteiger partial charge < -0.3 is 10.2 Å². The third-order valence-electron chi connectivity index (χ3n) is 4.32. The molecule has 0 spiro atoms. The minimum Gasteiger partial charge on any atom is -0.309 e. The molecular formula is C18H30N2. The van der Waals surface area contributed by atoms with Crippen LogP contribution in [0.15, 0.2) is 30.3 Å². The maximum absolute atomic E-state index is 3.78. The van der Waals surface area contributed by atoms with Crippen molar-refractivity contribution in [3.63, 3.8) is 0 Å². The second-order valence-electron chi connectivity index (χ2n) is 5.96. The van der Waals surface area contributed by atoms with Gasteiger partial charge in [0.15, 0.2) is 0 Å². The third kappa shape index (κ3) is 5.26. The van der Waals surface area contributed by atoms with E-state index in [1.165, 1.54) is 63.7 Å². The van der Waals surface area contributed by atoms with Gasteiger partial charge >= 0.3 is 0 Å². The van der Waals surface area contributed by atoms with E-state index in [1.54, 1.807) is 0 Å². The first kappa shape index (κ1) is 15.5. The van der Waals surface area contributed by atoms with Crippen LogP contribution >= 0.6 is 0 Å². The summed E-state index contributed by atoms with van der Waals surface area (Å²) in [6, 6.07) is 11.5. The van der Waals surface area contributed by atoms with Gasteiger partial charge in [0.2, 0.25) is 0 Å². The molecule has 1 aliphatic rings. The molecule has 0 aromatic heterocycles. The number of unbranched alkanes of at least 4 members (excludes halogenated alkanes) is 2. The molecule has 0 aliphatic carbocycles. The average molecular weight is 274 g/mol. The maximum Gasteiger partial charge on any atom is 0.0320 e. The Morgan fingerprint density at radius 1 is 1.10 bits per heavy atom. The summed E-state index contributed by atoms with van der Waals surface area (Å²) in [7, 11) is 0. The summed E-state index contributed by atoms with van der Waals surface area (Å²) in [5.41, 5.74) is 1.45. The largest absolute Gasteiger partial charge is 0.309 e. The second-order valence-corrected chi connectivity index (χ2v) is 5.96. The van der Waals surface area contributed by atoms with Crippen LogP contribution in [0.5, 0.6) is 0 Å². The van der Waals surface area contributed by atoms with Gasteiger partial charge in [-0.25, -0.2) is 0 Å². The fourth-order valence-corrected chi connectivity index (χ4v) is 3.07. The topological polar surface area (TPSA) is 15.3 Å². The first-order chi connectivity index (χ1) is 9.90. The molecule has 1 saturated heterocycles. The van der Waals surface area contributed by atoms with Crippen molar-refractivity contribution in [3.05, 3.63) is 35.9 Å². The Labute approximate surface area is 124 Å². The molecule has 2 nitrogen and oxygen atoms in total. The van der Waals surface area contributed by atoms with E-state index >= 15 is 0 Å². The van der Waals surface area contributed by atoms with Gasteiger partial charge in [0.1, 0.15) is 0 Å². The number of nitrogens with one attached hydrogen (secondary N) is 1. The van der Waals surface area contributed by atoms with Gasteiger partial charge in [0.05, 0.1) is 0 Å². The highest BCUT2D eigenvalue weighted by atomic mass is 15.2. The first-order valence-corrected chi connectivity index (χ1v) is 8.41. The van der Waals surface area contributed by atoms with Crippen molar-refractivity contribution < 1.29 is 0 Å². The van der Waals surface area contributed by atoms with Crippen molar-refractivity contribution in [2.45, 2.75) is 51.5 Å². The average Bonchev–Trinajstić information content (AvgIpc) is 3.00. The lowest BCUT2D eigenvalue weighted by atomic mass is 10.0. The minimum absolute atomic E-state index is 0.533.